The molecule has 160 valence electrons. The Morgan fingerprint density at radius 2 is 1.70 bits per heavy atom. The van der Waals surface area contributed by atoms with Gasteiger partial charge >= 0.3 is 6.03 Å². The van der Waals surface area contributed by atoms with E-state index in [0.29, 0.717) is 12.2 Å². The van der Waals surface area contributed by atoms with Crippen molar-refractivity contribution in [2.24, 2.45) is 0 Å². The number of carbonyl (C=O) groups is 2. The third-order valence-electron chi connectivity index (χ3n) is 5.42. The first-order valence-electron chi connectivity index (χ1n) is 10.4. The Labute approximate surface area is 180 Å². The molecule has 1 aromatic heterocycles. The van der Waals surface area contributed by atoms with E-state index in [1.165, 1.54) is 10.1 Å². The van der Waals surface area contributed by atoms with Crippen LogP contribution in [0.2, 0.25) is 19.6 Å². The van der Waals surface area contributed by atoms with E-state index in [2.05, 4.69) is 29.9 Å². The first kappa shape index (κ1) is 22.0. The lowest BCUT2D eigenvalue weighted by Gasteiger charge is -2.27. The first-order chi connectivity index (χ1) is 13.9. The topological polar surface area (TPSA) is 65.5 Å². The van der Waals surface area contributed by atoms with Crippen LogP contribution in [-0.2, 0) is 11.3 Å². The van der Waals surface area contributed by atoms with Crippen molar-refractivity contribution in [3.05, 3.63) is 48.2 Å². The van der Waals surface area contributed by atoms with Gasteiger partial charge in [0.05, 0.1) is 13.8 Å². The molecule has 1 aromatic carbocycles. The lowest BCUT2D eigenvalue weighted by atomic mass is 10.0. The second-order valence-corrected chi connectivity index (χ2v) is 14.8. The minimum absolute atomic E-state index is 0.206. The maximum Gasteiger partial charge on any atom is 0.332 e. The summed E-state index contributed by atoms with van der Waals surface area (Å²) in [6.07, 6.45) is 1.72. The van der Waals surface area contributed by atoms with Crippen molar-refractivity contribution in [3.63, 3.8) is 0 Å². The molecule has 0 aliphatic carbocycles. The van der Waals surface area contributed by atoms with Crippen molar-refractivity contribution in [3.8, 4) is 0 Å². The minimum Gasteiger partial charge on any atom is -0.368 e. The van der Waals surface area contributed by atoms with Gasteiger partial charge in [0.15, 0.2) is 0 Å². The van der Waals surface area contributed by atoms with Crippen LogP contribution in [0.15, 0.2) is 42.6 Å². The van der Waals surface area contributed by atoms with Gasteiger partial charge in [-0.25, -0.2) is 14.7 Å². The molecule has 0 bridgehead atoms. The number of nitrogens with one attached hydrogen (secondary N) is 1. The summed E-state index contributed by atoms with van der Waals surface area (Å²) < 4.78 is 0. The summed E-state index contributed by atoms with van der Waals surface area (Å²) in [6.45, 7) is 14.9. The van der Waals surface area contributed by atoms with E-state index >= 15 is 0 Å². The largest absolute Gasteiger partial charge is 0.368 e. The number of urea groups is 1. The molecule has 0 atom stereocenters. The zero-order valence-electron chi connectivity index (χ0n) is 19.0. The molecular formula is C23H32N4O2Si. The lowest BCUT2D eigenvalue weighted by molar-refractivity contribution is -0.123. The molecule has 1 aliphatic heterocycles. The van der Waals surface area contributed by atoms with Gasteiger partial charge in [-0.2, -0.15) is 0 Å². The first-order valence-corrected chi connectivity index (χ1v) is 13.9. The average molecular weight is 425 g/mol. The molecule has 1 N–H and O–H groups in total. The van der Waals surface area contributed by atoms with Gasteiger partial charge < -0.3 is 10.2 Å². The SMILES string of the molecule is CC(C)Nc1cc(CN2C(=O)N(c3ccc([Si](C)(C)C)cc3)C(=O)C2(C)C)ccn1. The predicted molar refractivity (Wildman–Crippen MR) is 125 cm³/mol. The fourth-order valence-corrected chi connectivity index (χ4v) is 4.74. The monoisotopic (exact) mass is 424 g/mol. The number of carbonyl (C=O) groups excluding carboxylic acids is 2. The van der Waals surface area contributed by atoms with E-state index < -0.39 is 13.6 Å². The molecule has 1 saturated heterocycles. The summed E-state index contributed by atoms with van der Waals surface area (Å²) >= 11 is 0. The molecule has 1 fully saturated rings. The number of benzene rings is 1. The molecule has 3 rings (SSSR count). The van der Waals surface area contributed by atoms with Gasteiger partial charge in [-0.3, -0.25) is 4.79 Å². The van der Waals surface area contributed by atoms with Crippen LogP contribution < -0.4 is 15.4 Å². The Bertz CT molecular complexity index is 948. The second kappa shape index (κ2) is 7.87. The second-order valence-electron chi connectivity index (χ2n) is 9.71. The number of hydrogen-bond acceptors (Lipinski definition) is 4. The van der Waals surface area contributed by atoms with Gasteiger partial charge in [0.1, 0.15) is 11.4 Å². The zero-order valence-corrected chi connectivity index (χ0v) is 20.0. The lowest BCUT2D eigenvalue weighted by Crippen LogP contribution is -2.43. The highest BCUT2D eigenvalue weighted by molar-refractivity contribution is 6.88. The van der Waals surface area contributed by atoms with Gasteiger partial charge in [-0.15, -0.1) is 0 Å². The van der Waals surface area contributed by atoms with E-state index in [4.69, 9.17) is 0 Å². The van der Waals surface area contributed by atoms with E-state index in [9.17, 15) is 9.59 Å². The summed E-state index contributed by atoms with van der Waals surface area (Å²) in [4.78, 5) is 33.7. The molecule has 1 aliphatic rings. The van der Waals surface area contributed by atoms with Crippen LogP contribution in [0.5, 0.6) is 0 Å². The number of rotatable bonds is 6. The summed E-state index contributed by atoms with van der Waals surface area (Å²) in [5.74, 6) is 0.555. The molecule has 0 spiro atoms. The highest BCUT2D eigenvalue weighted by Crippen LogP contribution is 2.33. The van der Waals surface area contributed by atoms with Crippen molar-refractivity contribution in [1.29, 1.82) is 0 Å². The molecule has 30 heavy (non-hydrogen) atoms. The van der Waals surface area contributed by atoms with Gasteiger partial charge in [0.2, 0.25) is 0 Å². The van der Waals surface area contributed by atoms with Gasteiger partial charge in [-0.1, -0.05) is 37.0 Å². The Balaban J connectivity index is 1.87. The van der Waals surface area contributed by atoms with E-state index in [1.54, 1.807) is 24.9 Å². The van der Waals surface area contributed by atoms with Crippen LogP contribution in [-0.4, -0.2) is 41.5 Å². The Hall–Kier alpha value is -2.67. The molecular weight excluding hydrogens is 392 g/mol. The van der Waals surface area contributed by atoms with Crippen molar-refractivity contribution in [2.75, 3.05) is 10.2 Å². The molecule has 7 heteroatoms. The van der Waals surface area contributed by atoms with Gasteiger partial charge in [0, 0.05) is 18.8 Å². The number of nitrogens with zero attached hydrogens (tertiary/aromatic N) is 3. The Morgan fingerprint density at radius 1 is 1.07 bits per heavy atom. The van der Waals surface area contributed by atoms with Gasteiger partial charge in [0.25, 0.3) is 5.91 Å². The highest BCUT2D eigenvalue weighted by atomic mass is 28.3. The molecule has 3 amide bonds. The zero-order chi connectivity index (χ0) is 22.3. The number of amides is 3. The summed E-state index contributed by atoms with van der Waals surface area (Å²) in [6, 6.07) is 11.6. The molecule has 0 saturated carbocycles. The molecule has 0 radical (unpaired) electrons. The van der Waals surface area contributed by atoms with Crippen LogP contribution in [0.4, 0.5) is 16.3 Å². The van der Waals surface area contributed by atoms with Crippen molar-refractivity contribution < 1.29 is 9.59 Å². The third kappa shape index (κ3) is 4.26. The molecule has 6 nitrogen and oxygen atoms in total. The molecule has 0 unspecified atom stereocenters. The van der Waals surface area contributed by atoms with Crippen molar-refractivity contribution in [1.82, 2.24) is 9.88 Å². The fourth-order valence-electron chi connectivity index (χ4n) is 3.57. The van der Waals surface area contributed by atoms with Crippen LogP contribution in [0.25, 0.3) is 0 Å². The van der Waals surface area contributed by atoms with Crippen molar-refractivity contribution >= 4 is 36.7 Å². The smallest absolute Gasteiger partial charge is 0.332 e. The summed E-state index contributed by atoms with van der Waals surface area (Å²) in [7, 11) is -1.45. The standard InChI is InChI=1S/C23H32N4O2Si/c1-16(2)25-20-14-17(12-13-24-20)15-26-22(29)27(21(28)23(26,3)4)18-8-10-19(11-9-18)30(5,6)7/h8-14,16H,15H2,1-7H3,(H,24,25). The number of aromatic nitrogens is 1. The van der Waals surface area contributed by atoms with Crippen LogP contribution >= 0.6 is 0 Å². The predicted octanol–water partition coefficient (Wildman–Crippen LogP) is 4.19. The normalized spacial score (nSPS) is 16.5. The molecule has 2 heterocycles. The fraction of sp³-hybridized carbons (Fsp3) is 0.435. The van der Waals surface area contributed by atoms with Gasteiger partial charge in [-0.05, 0) is 57.5 Å². The summed E-state index contributed by atoms with van der Waals surface area (Å²) in [5, 5.41) is 4.57. The maximum absolute atomic E-state index is 13.3. The number of imide groups is 1. The van der Waals surface area contributed by atoms with Crippen molar-refractivity contribution in [2.45, 2.75) is 65.5 Å². The third-order valence-corrected chi connectivity index (χ3v) is 7.48. The highest BCUT2D eigenvalue weighted by Gasteiger charge is 2.51. The number of pyridine rings is 1. The van der Waals surface area contributed by atoms with Crippen LogP contribution in [0.3, 0.4) is 0 Å². The summed E-state index contributed by atoms with van der Waals surface area (Å²) in [5.41, 5.74) is 0.626. The number of hydrogen-bond donors (Lipinski definition) is 1. The average Bonchev–Trinajstić information content (AvgIpc) is 2.81. The molecule has 2 aromatic rings. The quantitative estimate of drug-likeness (QED) is 0.558. The Morgan fingerprint density at radius 3 is 2.27 bits per heavy atom. The maximum atomic E-state index is 13.3. The minimum atomic E-state index is -1.45. The van der Waals surface area contributed by atoms with E-state index in [-0.39, 0.29) is 18.0 Å². The van der Waals surface area contributed by atoms with Crippen LogP contribution in [0.1, 0.15) is 33.3 Å². The van der Waals surface area contributed by atoms with Crippen LogP contribution in [0, 0.1) is 0 Å². The number of anilines is 2. The Kier molecular flexibility index (Phi) is 5.78. The van der Waals surface area contributed by atoms with E-state index in [1.807, 2.05) is 50.2 Å². The van der Waals surface area contributed by atoms with E-state index in [0.717, 1.165) is 11.4 Å².